The van der Waals surface area contributed by atoms with E-state index in [4.69, 9.17) is 5.11 Å². The molecule has 2 rings (SSSR count). The van der Waals surface area contributed by atoms with Gasteiger partial charge in [-0.2, -0.15) is 10.2 Å². The standard InChI is InChI=1S/C12H15N5O3/c1-7-4-8(17(3)14-7)5-13-11(18)10-9(12(19)20)6-16(2)15-10/h4,6H,5H2,1-3H3,(H,13,18)(H,19,20). The molecule has 2 aromatic rings. The molecule has 0 radical (unpaired) electrons. The van der Waals surface area contributed by atoms with Crippen molar-refractivity contribution >= 4 is 11.9 Å². The van der Waals surface area contributed by atoms with Crippen LogP contribution in [0.3, 0.4) is 0 Å². The Morgan fingerprint density at radius 1 is 1.35 bits per heavy atom. The van der Waals surface area contributed by atoms with Crippen molar-refractivity contribution in [1.82, 2.24) is 24.9 Å². The van der Waals surface area contributed by atoms with Gasteiger partial charge in [0.1, 0.15) is 5.56 Å². The van der Waals surface area contributed by atoms with Crippen molar-refractivity contribution in [3.8, 4) is 0 Å². The van der Waals surface area contributed by atoms with Gasteiger partial charge in [0.15, 0.2) is 5.69 Å². The lowest BCUT2D eigenvalue weighted by Crippen LogP contribution is -2.26. The molecular weight excluding hydrogens is 262 g/mol. The largest absolute Gasteiger partial charge is 0.478 e. The van der Waals surface area contributed by atoms with E-state index in [1.807, 2.05) is 13.0 Å². The monoisotopic (exact) mass is 277 g/mol. The van der Waals surface area contributed by atoms with Crippen LogP contribution in [0.2, 0.25) is 0 Å². The molecular formula is C12H15N5O3. The molecule has 0 atom stereocenters. The van der Waals surface area contributed by atoms with Gasteiger partial charge in [0, 0.05) is 20.3 Å². The van der Waals surface area contributed by atoms with Crippen LogP contribution in [0.4, 0.5) is 0 Å². The van der Waals surface area contributed by atoms with Crippen molar-refractivity contribution in [2.45, 2.75) is 13.5 Å². The number of amides is 1. The van der Waals surface area contributed by atoms with Crippen molar-refractivity contribution in [3.05, 3.63) is 34.9 Å². The van der Waals surface area contributed by atoms with Gasteiger partial charge in [-0.15, -0.1) is 0 Å². The smallest absolute Gasteiger partial charge is 0.339 e. The molecule has 0 aliphatic carbocycles. The number of carboxylic acids is 1. The minimum absolute atomic E-state index is 0.0982. The summed E-state index contributed by atoms with van der Waals surface area (Å²) in [5.74, 6) is -1.71. The fraction of sp³-hybridized carbons (Fsp3) is 0.333. The second-order valence-corrected chi connectivity index (χ2v) is 4.45. The maximum Gasteiger partial charge on any atom is 0.339 e. The van der Waals surface area contributed by atoms with E-state index in [9.17, 15) is 9.59 Å². The molecule has 2 aromatic heterocycles. The summed E-state index contributed by atoms with van der Waals surface area (Å²) in [7, 11) is 3.34. The van der Waals surface area contributed by atoms with Crippen LogP contribution in [0.15, 0.2) is 12.3 Å². The van der Waals surface area contributed by atoms with E-state index >= 15 is 0 Å². The number of aryl methyl sites for hydroxylation is 3. The number of aromatic carboxylic acids is 1. The van der Waals surface area contributed by atoms with Crippen molar-refractivity contribution < 1.29 is 14.7 Å². The van der Waals surface area contributed by atoms with E-state index in [2.05, 4.69) is 15.5 Å². The van der Waals surface area contributed by atoms with E-state index in [0.29, 0.717) is 0 Å². The molecule has 2 heterocycles. The van der Waals surface area contributed by atoms with E-state index in [1.165, 1.54) is 10.9 Å². The first-order chi connectivity index (χ1) is 9.38. The lowest BCUT2D eigenvalue weighted by molar-refractivity contribution is 0.0691. The Morgan fingerprint density at radius 2 is 2.05 bits per heavy atom. The Balaban J connectivity index is 2.13. The maximum absolute atomic E-state index is 12.0. The van der Waals surface area contributed by atoms with Crippen LogP contribution >= 0.6 is 0 Å². The number of nitrogens with zero attached hydrogens (tertiary/aromatic N) is 4. The highest BCUT2D eigenvalue weighted by Crippen LogP contribution is 2.07. The predicted octanol–water partition coefficient (Wildman–Crippen LogP) is 0.0902. The van der Waals surface area contributed by atoms with Crippen LogP contribution in [-0.2, 0) is 20.6 Å². The summed E-state index contributed by atoms with van der Waals surface area (Å²) in [5, 5.41) is 19.7. The van der Waals surface area contributed by atoms with Crippen LogP contribution in [0.25, 0.3) is 0 Å². The Hall–Kier alpha value is -2.64. The van der Waals surface area contributed by atoms with Gasteiger partial charge >= 0.3 is 5.97 Å². The molecule has 0 spiro atoms. The van der Waals surface area contributed by atoms with Crippen molar-refractivity contribution in [1.29, 1.82) is 0 Å². The van der Waals surface area contributed by atoms with Crippen LogP contribution in [0.5, 0.6) is 0 Å². The molecule has 106 valence electrons. The molecule has 1 amide bonds. The summed E-state index contributed by atoms with van der Waals surface area (Å²) in [4.78, 5) is 23.0. The highest BCUT2D eigenvalue weighted by molar-refractivity contribution is 6.03. The van der Waals surface area contributed by atoms with Crippen LogP contribution < -0.4 is 5.32 Å². The molecule has 2 N–H and O–H groups in total. The molecule has 0 fully saturated rings. The third-order valence-electron chi connectivity index (χ3n) is 2.80. The maximum atomic E-state index is 12.0. The quantitative estimate of drug-likeness (QED) is 0.824. The third kappa shape index (κ3) is 2.68. The lowest BCUT2D eigenvalue weighted by atomic mass is 10.2. The molecule has 20 heavy (non-hydrogen) atoms. The molecule has 0 saturated carbocycles. The third-order valence-corrected chi connectivity index (χ3v) is 2.80. The Morgan fingerprint density at radius 3 is 2.60 bits per heavy atom. The van der Waals surface area contributed by atoms with Crippen molar-refractivity contribution in [2.75, 3.05) is 0 Å². The predicted molar refractivity (Wildman–Crippen MR) is 69.3 cm³/mol. The average Bonchev–Trinajstić information content (AvgIpc) is 2.89. The van der Waals surface area contributed by atoms with E-state index in [0.717, 1.165) is 11.4 Å². The Kier molecular flexibility index (Phi) is 3.55. The molecule has 8 heteroatoms. The van der Waals surface area contributed by atoms with Crippen molar-refractivity contribution in [2.24, 2.45) is 14.1 Å². The lowest BCUT2D eigenvalue weighted by Gasteiger charge is -2.04. The molecule has 0 aromatic carbocycles. The van der Waals surface area contributed by atoms with Gasteiger partial charge in [-0.3, -0.25) is 14.2 Å². The number of nitrogens with one attached hydrogen (secondary N) is 1. The minimum Gasteiger partial charge on any atom is -0.478 e. The molecule has 8 nitrogen and oxygen atoms in total. The SMILES string of the molecule is Cc1cc(CNC(=O)c2nn(C)cc2C(=O)O)n(C)n1. The summed E-state index contributed by atoms with van der Waals surface area (Å²) in [6, 6.07) is 1.84. The second-order valence-electron chi connectivity index (χ2n) is 4.45. The van der Waals surface area contributed by atoms with Gasteiger partial charge in [-0.05, 0) is 13.0 Å². The Bertz CT molecular complexity index is 671. The first-order valence-corrected chi connectivity index (χ1v) is 5.93. The number of carbonyl (C=O) groups excluding carboxylic acids is 1. The zero-order valence-corrected chi connectivity index (χ0v) is 11.4. The fourth-order valence-electron chi connectivity index (χ4n) is 1.90. The highest BCUT2D eigenvalue weighted by Gasteiger charge is 2.20. The molecule has 0 aliphatic rings. The summed E-state index contributed by atoms with van der Waals surface area (Å²) in [6.07, 6.45) is 1.30. The number of carboxylic acid groups (broad SMARTS) is 1. The Labute approximate surface area is 115 Å². The normalized spacial score (nSPS) is 10.6. The van der Waals surface area contributed by atoms with E-state index < -0.39 is 11.9 Å². The van der Waals surface area contributed by atoms with E-state index in [-0.39, 0.29) is 17.8 Å². The minimum atomic E-state index is -1.18. The summed E-state index contributed by atoms with van der Waals surface area (Å²) >= 11 is 0. The summed E-state index contributed by atoms with van der Waals surface area (Å²) < 4.78 is 2.96. The first kappa shape index (κ1) is 13.8. The number of carbonyl (C=O) groups is 2. The van der Waals surface area contributed by atoms with Gasteiger partial charge in [-0.25, -0.2) is 4.79 Å². The summed E-state index contributed by atoms with van der Waals surface area (Å²) in [5.41, 5.74) is 1.45. The van der Waals surface area contributed by atoms with E-state index in [1.54, 1.807) is 18.8 Å². The molecule has 0 unspecified atom stereocenters. The number of rotatable bonds is 4. The molecule has 0 bridgehead atoms. The fourth-order valence-corrected chi connectivity index (χ4v) is 1.90. The molecule has 0 saturated heterocycles. The van der Waals surface area contributed by atoms with Gasteiger partial charge in [0.2, 0.25) is 0 Å². The molecule has 0 aliphatic heterocycles. The highest BCUT2D eigenvalue weighted by atomic mass is 16.4. The van der Waals surface area contributed by atoms with Gasteiger partial charge in [0.05, 0.1) is 17.9 Å². The van der Waals surface area contributed by atoms with Crippen LogP contribution in [0.1, 0.15) is 32.2 Å². The second kappa shape index (κ2) is 5.16. The van der Waals surface area contributed by atoms with Gasteiger partial charge in [-0.1, -0.05) is 0 Å². The number of aromatic nitrogens is 4. The topological polar surface area (TPSA) is 102 Å². The number of hydrogen-bond acceptors (Lipinski definition) is 4. The summed E-state index contributed by atoms with van der Waals surface area (Å²) in [6.45, 7) is 2.11. The first-order valence-electron chi connectivity index (χ1n) is 5.93. The average molecular weight is 277 g/mol. The zero-order valence-electron chi connectivity index (χ0n) is 11.4. The van der Waals surface area contributed by atoms with Gasteiger partial charge in [0.25, 0.3) is 5.91 Å². The van der Waals surface area contributed by atoms with Crippen LogP contribution in [0, 0.1) is 6.92 Å². The van der Waals surface area contributed by atoms with Gasteiger partial charge < -0.3 is 10.4 Å². The number of hydrogen-bond donors (Lipinski definition) is 2. The van der Waals surface area contributed by atoms with Crippen LogP contribution in [-0.4, -0.2) is 36.5 Å². The van der Waals surface area contributed by atoms with Crippen molar-refractivity contribution in [3.63, 3.8) is 0 Å². The zero-order chi connectivity index (χ0) is 14.9.